The first kappa shape index (κ1) is 18.1. The predicted molar refractivity (Wildman–Crippen MR) is 109 cm³/mol. The number of nitrogens with one attached hydrogen (secondary N) is 1. The molecule has 146 valence electrons. The lowest BCUT2D eigenvalue weighted by molar-refractivity contribution is -0.116. The van der Waals surface area contributed by atoms with Crippen LogP contribution in [0.1, 0.15) is 47.1 Å². The summed E-state index contributed by atoms with van der Waals surface area (Å²) in [6, 6.07) is 14.1. The zero-order valence-electron chi connectivity index (χ0n) is 15.7. The van der Waals surface area contributed by atoms with Crippen molar-refractivity contribution in [3.63, 3.8) is 0 Å². The number of benzene rings is 2. The number of rotatable bonds is 2. The topological polar surface area (TPSA) is 55.1 Å². The molecule has 0 saturated carbocycles. The highest BCUT2D eigenvalue weighted by atomic mass is 35.5. The van der Waals surface area contributed by atoms with Gasteiger partial charge < -0.3 is 9.84 Å². The number of nitrogens with zero attached hydrogens (tertiary/aromatic N) is 1. The average molecular weight is 409 g/mol. The second-order valence-corrected chi connectivity index (χ2v) is 8.00. The molecule has 0 bridgehead atoms. The number of hydrogen-bond donors (Lipinski definition) is 1. The summed E-state index contributed by atoms with van der Waals surface area (Å²) in [4.78, 5) is 13.3. The van der Waals surface area contributed by atoms with Gasteiger partial charge in [-0.1, -0.05) is 47.1 Å². The number of halogens is 2. The van der Waals surface area contributed by atoms with Gasteiger partial charge in [-0.2, -0.15) is 0 Å². The zero-order chi connectivity index (χ0) is 20.1. The summed E-state index contributed by atoms with van der Waals surface area (Å²) in [5.41, 5.74) is 4.29. The Morgan fingerprint density at radius 3 is 2.66 bits per heavy atom. The van der Waals surface area contributed by atoms with E-state index in [2.05, 4.69) is 10.5 Å². The van der Waals surface area contributed by atoms with Gasteiger partial charge in [0.25, 0.3) is 0 Å². The molecular formula is C23H18ClFN2O2. The minimum Gasteiger partial charge on any atom is -0.338 e. The maximum atomic E-state index is 14.8. The van der Waals surface area contributed by atoms with Crippen molar-refractivity contribution in [2.45, 2.75) is 31.6 Å². The van der Waals surface area contributed by atoms with E-state index in [-0.39, 0.29) is 17.5 Å². The summed E-state index contributed by atoms with van der Waals surface area (Å²) in [6.07, 6.45) is 1.000. The van der Waals surface area contributed by atoms with Crippen molar-refractivity contribution in [1.82, 2.24) is 5.16 Å². The third kappa shape index (κ3) is 2.97. The number of carbonyl (C=O) groups excluding carboxylic acids is 1. The van der Waals surface area contributed by atoms with Crippen LogP contribution in [0.15, 0.2) is 64.3 Å². The summed E-state index contributed by atoms with van der Waals surface area (Å²) in [5.74, 6) is -0.340. The Kier molecular flexibility index (Phi) is 4.28. The van der Waals surface area contributed by atoms with Gasteiger partial charge in [0.15, 0.2) is 5.78 Å². The Balaban J connectivity index is 1.63. The summed E-state index contributed by atoms with van der Waals surface area (Å²) < 4.78 is 20.2. The van der Waals surface area contributed by atoms with E-state index >= 15 is 0 Å². The van der Waals surface area contributed by atoms with Crippen LogP contribution in [0.3, 0.4) is 0 Å². The van der Waals surface area contributed by atoms with Gasteiger partial charge in [0.1, 0.15) is 5.82 Å². The van der Waals surface area contributed by atoms with Crippen molar-refractivity contribution in [2.24, 2.45) is 0 Å². The number of fused-ring (bicyclic) bond motifs is 1. The lowest BCUT2D eigenvalue weighted by Gasteiger charge is -2.34. The molecule has 0 spiro atoms. The number of ketones is 1. The van der Waals surface area contributed by atoms with Crippen LogP contribution >= 0.6 is 11.6 Å². The molecule has 0 radical (unpaired) electrons. The van der Waals surface area contributed by atoms with Crippen molar-refractivity contribution in [3.8, 4) is 0 Å². The number of hydrogen-bond acceptors (Lipinski definition) is 4. The molecule has 2 atom stereocenters. The molecule has 3 aromatic rings. The first-order chi connectivity index (χ1) is 14.0. The number of aryl methyl sites for hydroxylation is 1. The fraction of sp³-hybridized carbons (Fsp3) is 0.217. The van der Waals surface area contributed by atoms with E-state index in [0.29, 0.717) is 40.6 Å². The van der Waals surface area contributed by atoms with Gasteiger partial charge in [0, 0.05) is 34.2 Å². The molecule has 6 heteroatoms. The number of Topliss-reactive ketones (excluding diaryl/α,β-unsaturated/α-hetero) is 1. The lowest BCUT2D eigenvalue weighted by Crippen LogP contribution is -2.30. The van der Waals surface area contributed by atoms with Crippen LogP contribution in [-0.4, -0.2) is 10.9 Å². The summed E-state index contributed by atoms with van der Waals surface area (Å²) in [5, 5.41) is 7.98. The van der Waals surface area contributed by atoms with Crippen molar-refractivity contribution in [2.75, 3.05) is 5.32 Å². The molecule has 1 aliphatic heterocycles. The largest absolute Gasteiger partial charge is 0.338 e. The molecule has 0 unspecified atom stereocenters. The molecule has 2 heterocycles. The third-order valence-corrected chi connectivity index (χ3v) is 6.07. The maximum Gasteiger partial charge on any atom is 0.233 e. The molecule has 1 aromatic heterocycles. The second-order valence-electron chi connectivity index (χ2n) is 7.56. The standard InChI is InChI=1S/C23H18ClFN2O2/c1-12-20-21(16-4-2-3-5-17(16)25)22-18(26-23(20)29-27-12)10-14(11-19(22)28)13-6-8-15(24)9-7-13/h2-9,14,21,26H,10-11H2,1H3/t14-,21+/m0/s1. The van der Waals surface area contributed by atoms with E-state index < -0.39 is 5.92 Å². The van der Waals surface area contributed by atoms with Crippen LogP contribution in [0, 0.1) is 12.7 Å². The van der Waals surface area contributed by atoms with Crippen LogP contribution in [-0.2, 0) is 4.79 Å². The first-order valence-corrected chi connectivity index (χ1v) is 9.90. The lowest BCUT2D eigenvalue weighted by atomic mass is 9.72. The number of aromatic nitrogens is 1. The van der Waals surface area contributed by atoms with Crippen molar-refractivity contribution in [3.05, 3.63) is 93.0 Å². The molecule has 0 saturated heterocycles. The third-order valence-electron chi connectivity index (χ3n) is 5.82. The highest BCUT2D eigenvalue weighted by molar-refractivity contribution is 6.30. The molecule has 1 aliphatic carbocycles. The Hall–Kier alpha value is -2.92. The highest BCUT2D eigenvalue weighted by Crippen LogP contribution is 2.49. The van der Waals surface area contributed by atoms with Crippen molar-refractivity contribution in [1.29, 1.82) is 0 Å². The van der Waals surface area contributed by atoms with Crippen molar-refractivity contribution >= 4 is 23.3 Å². The Morgan fingerprint density at radius 1 is 1.14 bits per heavy atom. The SMILES string of the molecule is Cc1noc2c1[C@@H](c1ccccc1F)C1=C(C[C@H](c3ccc(Cl)cc3)CC1=O)N2. The molecular weight excluding hydrogens is 391 g/mol. The van der Waals surface area contributed by atoms with E-state index in [0.717, 1.165) is 16.8 Å². The maximum absolute atomic E-state index is 14.8. The molecule has 5 rings (SSSR count). The van der Waals surface area contributed by atoms with E-state index in [9.17, 15) is 9.18 Å². The van der Waals surface area contributed by atoms with Crippen LogP contribution in [0.25, 0.3) is 0 Å². The zero-order valence-corrected chi connectivity index (χ0v) is 16.5. The quantitative estimate of drug-likeness (QED) is 0.588. The van der Waals surface area contributed by atoms with Gasteiger partial charge >= 0.3 is 0 Å². The second kappa shape index (κ2) is 6.85. The van der Waals surface area contributed by atoms with Crippen LogP contribution in [0.2, 0.25) is 5.02 Å². The predicted octanol–water partition coefficient (Wildman–Crippen LogP) is 5.73. The molecule has 0 amide bonds. The molecule has 2 aliphatic rings. The van der Waals surface area contributed by atoms with Crippen molar-refractivity contribution < 1.29 is 13.7 Å². The van der Waals surface area contributed by atoms with Gasteiger partial charge in [-0.25, -0.2) is 4.39 Å². The van der Waals surface area contributed by atoms with Gasteiger partial charge in [-0.15, -0.1) is 0 Å². The van der Waals surface area contributed by atoms with Gasteiger partial charge in [-0.3, -0.25) is 4.79 Å². The Morgan fingerprint density at radius 2 is 1.90 bits per heavy atom. The minimum absolute atomic E-state index is 0.0122. The fourth-order valence-corrected chi connectivity index (χ4v) is 4.59. The van der Waals surface area contributed by atoms with Gasteiger partial charge in [-0.05, 0) is 43.0 Å². The monoisotopic (exact) mass is 408 g/mol. The first-order valence-electron chi connectivity index (χ1n) is 9.52. The summed E-state index contributed by atoms with van der Waals surface area (Å²) >= 11 is 6.01. The van der Waals surface area contributed by atoms with E-state index in [1.165, 1.54) is 6.07 Å². The number of allylic oxidation sites excluding steroid dienone is 2. The number of anilines is 1. The minimum atomic E-state index is -0.521. The Labute approximate surface area is 172 Å². The Bertz CT molecular complexity index is 1150. The van der Waals surface area contributed by atoms with Crippen LogP contribution in [0.5, 0.6) is 0 Å². The average Bonchev–Trinajstić information content (AvgIpc) is 3.08. The van der Waals surface area contributed by atoms with E-state index in [1.54, 1.807) is 18.2 Å². The van der Waals surface area contributed by atoms with Crippen LogP contribution in [0.4, 0.5) is 10.3 Å². The highest BCUT2D eigenvalue weighted by Gasteiger charge is 2.41. The molecule has 29 heavy (non-hydrogen) atoms. The molecule has 1 N–H and O–H groups in total. The van der Waals surface area contributed by atoms with Gasteiger partial charge in [0.05, 0.1) is 11.3 Å². The smallest absolute Gasteiger partial charge is 0.233 e. The van der Waals surface area contributed by atoms with E-state index in [1.807, 2.05) is 31.2 Å². The van der Waals surface area contributed by atoms with Gasteiger partial charge in [0.2, 0.25) is 5.88 Å². The normalized spacial score (nSPS) is 20.9. The summed E-state index contributed by atoms with van der Waals surface area (Å²) in [7, 11) is 0. The summed E-state index contributed by atoms with van der Waals surface area (Å²) in [6.45, 7) is 1.81. The molecule has 4 nitrogen and oxygen atoms in total. The fourth-order valence-electron chi connectivity index (χ4n) is 4.46. The molecule has 0 fully saturated rings. The molecule has 2 aromatic carbocycles. The van der Waals surface area contributed by atoms with Crippen LogP contribution < -0.4 is 5.32 Å². The number of carbonyl (C=O) groups is 1. The van der Waals surface area contributed by atoms with E-state index in [4.69, 9.17) is 16.1 Å².